The third kappa shape index (κ3) is 2.80. The maximum atomic E-state index is 4.42. The number of hydrogen-bond acceptors (Lipinski definition) is 1. The fraction of sp³-hybridized carbons (Fsp3) is 0.133. The van der Waals surface area contributed by atoms with Crippen molar-refractivity contribution in [2.75, 3.05) is 0 Å². The molecule has 0 radical (unpaired) electrons. The van der Waals surface area contributed by atoms with Crippen LogP contribution < -0.4 is 0 Å². The summed E-state index contributed by atoms with van der Waals surface area (Å²) >= 11 is 0. The molecule has 0 atom stereocenters. The second-order valence-electron chi connectivity index (χ2n) is 3.95. The highest BCUT2D eigenvalue weighted by Crippen LogP contribution is 2.08. The van der Waals surface area contributed by atoms with E-state index in [0.717, 1.165) is 11.4 Å². The van der Waals surface area contributed by atoms with E-state index in [4.69, 9.17) is 0 Å². The molecular weight excluding hydrogens is 194 g/mol. The standard InChI is InChI=1S/C15H15N/c1-12-6-8-14(9-7-12)10-11-15-5-3-4-13(2)16-15/h3-11H,1-2H3/b11-10+. The van der Waals surface area contributed by atoms with Crippen LogP contribution in [-0.2, 0) is 0 Å². The van der Waals surface area contributed by atoms with E-state index in [0.29, 0.717) is 0 Å². The number of aryl methyl sites for hydroxylation is 2. The Kier molecular flexibility index (Phi) is 3.16. The fourth-order valence-corrected chi connectivity index (χ4v) is 1.52. The van der Waals surface area contributed by atoms with Crippen molar-refractivity contribution < 1.29 is 0 Å². The monoisotopic (exact) mass is 209 g/mol. The Morgan fingerprint density at radius 1 is 0.875 bits per heavy atom. The van der Waals surface area contributed by atoms with Gasteiger partial charge in [0.15, 0.2) is 0 Å². The third-order valence-electron chi connectivity index (χ3n) is 2.43. The van der Waals surface area contributed by atoms with E-state index < -0.39 is 0 Å². The van der Waals surface area contributed by atoms with Gasteiger partial charge in [0.05, 0.1) is 5.69 Å². The zero-order chi connectivity index (χ0) is 11.4. The minimum Gasteiger partial charge on any atom is -0.254 e. The smallest absolute Gasteiger partial charge is 0.0633 e. The van der Waals surface area contributed by atoms with Crippen LogP contribution in [0.1, 0.15) is 22.5 Å². The first-order chi connectivity index (χ1) is 7.74. The van der Waals surface area contributed by atoms with Gasteiger partial charge in [0, 0.05) is 5.69 Å². The number of pyridine rings is 1. The molecule has 0 aliphatic heterocycles. The average Bonchev–Trinajstić information content (AvgIpc) is 2.28. The van der Waals surface area contributed by atoms with Crippen LogP contribution >= 0.6 is 0 Å². The highest BCUT2D eigenvalue weighted by molar-refractivity contribution is 5.67. The van der Waals surface area contributed by atoms with Gasteiger partial charge in [0.2, 0.25) is 0 Å². The molecule has 16 heavy (non-hydrogen) atoms. The second kappa shape index (κ2) is 4.75. The number of aromatic nitrogens is 1. The Balaban J connectivity index is 2.18. The predicted molar refractivity (Wildman–Crippen MR) is 69.1 cm³/mol. The lowest BCUT2D eigenvalue weighted by molar-refractivity contribution is 1.18. The molecule has 0 bridgehead atoms. The molecule has 1 heteroatoms. The van der Waals surface area contributed by atoms with Crippen LogP contribution in [0.2, 0.25) is 0 Å². The van der Waals surface area contributed by atoms with E-state index in [1.165, 1.54) is 11.1 Å². The molecule has 2 aromatic rings. The number of benzene rings is 1. The van der Waals surface area contributed by atoms with Crippen LogP contribution in [0.4, 0.5) is 0 Å². The van der Waals surface area contributed by atoms with Gasteiger partial charge in [-0.15, -0.1) is 0 Å². The Morgan fingerprint density at radius 2 is 1.62 bits per heavy atom. The molecule has 0 saturated carbocycles. The quantitative estimate of drug-likeness (QED) is 0.731. The maximum absolute atomic E-state index is 4.42. The Labute approximate surface area is 96.5 Å². The van der Waals surface area contributed by atoms with Gasteiger partial charge in [0.25, 0.3) is 0 Å². The minimum atomic E-state index is 1.00. The molecule has 2 rings (SSSR count). The first-order valence-electron chi connectivity index (χ1n) is 5.42. The van der Waals surface area contributed by atoms with Crippen molar-refractivity contribution in [2.24, 2.45) is 0 Å². The summed E-state index contributed by atoms with van der Waals surface area (Å²) in [6.45, 7) is 4.10. The molecule has 0 unspecified atom stereocenters. The van der Waals surface area contributed by atoms with Crippen molar-refractivity contribution in [3.8, 4) is 0 Å². The van der Waals surface area contributed by atoms with Crippen LogP contribution in [0.5, 0.6) is 0 Å². The van der Waals surface area contributed by atoms with Crippen LogP contribution in [0, 0.1) is 13.8 Å². The van der Waals surface area contributed by atoms with Gasteiger partial charge in [-0.1, -0.05) is 42.0 Å². The Hall–Kier alpha value is -1.89. The number of hydrogen-bond donors (Lipinski definition) is 0. The Morgan fingerprint density at radius 3 is 2.31 bits per heavy atom. The second-order valence-corrected chi connectivity index (χ2v) is 3.95. The average molecular weight is 209 g/mol. The highest BCUT2D eigenvalue weighted by Gasteiger charge is 1.90. The normalized spacial score (nSPS) is 10.9. The summed E-state index contributed by atoms with van der Waals surface area (Å²) in [5, 5.41) is 0. The van der Waals surface area contributed by atoms with Crippen molar-refractivity contribution in [2.45, 2.75) is 13.8 Å². The first-order valence-corrected chi connectivity index (χ1v) is 5.42. The lowest BCUT2D eigenvalue weighted by Crippen LogP contribution is -1.83. The summed E-state index contributed by atoms with van der Waals surface area (Å²) in [7, 11) is 0. The lowest BCUT2D eigenvalue weighted by atomic mass is 10.1. The molecule has 0 amide bonds. The van der Waals surface area contributed by atoms with Crippen LogP contribution in [0.25, 0.3) is 12.2 Å². The summed E-state index contributed by atoms with van der Waals surface area (Å²) in [4.78, 5) is 4.42. The van der Waals surface area contributed by atoms with E-state index >= 15 is 0 Å². The van der Waals surface area contributed by atoms with Crippen molar-refractivity contribution in [3.63, 3.8) is 0 Å². The van der Waals surface area contributed by atoms with E-state index in [1.54, 1.807) is 0 Å². The molecular formula is C15H15N. The summed E-state index contributed by atoms with van der Waals surface area (Å²) < 4.78 is 0. The molecule has 0 N–H and O–H groups in total. The molecule has 0 aliphatic rings. The molecule has 0 aliphatic carbocycles. The number of nitrogens with zero attached hydrogens (tertiary/aromatic N) is 1. The fourth-order valence-electron chi connectivity index (χ4n) is 1.52. The molecule has 0 spiro atoms. The van der Waals surface area contributed by atoms with Crippen LogP contribution in [0.3, 0.4) is 0 Å². The lowest BCUT2D eigenvalue weighted by Gasteiger charge is -1.96. The predicted octanol–water partition coefficient (Wildman–Crippen LogP) is 3.87. The zero-order valence-electron chi connectivity index (χ0n) is 9.64. The summed E-state index contributed by atoms with van der Waals surface area (Å²) in [6, 6.07) is 14.5. The van der Waals surface area contributed by atoms with Gasteiger partial charge < -0.3 is 0 Å². The number of rotatable bonds is 2. The Bertz CT molecular complexity index is 495. The van der Waals surface area contributed by atoms with Crippen LogP contribution in [-0.4, -0.2) is 4.98 Å². The van der Waals surface area contributed by atoms with Crippen molar-refractivity contribution in [3.05, 3.63) is 65.0 Å². The molecule has 80 valence electrons. The molecule has 1 aromatic carbocycles. The van der Waals surface area contributed by atoms with Crippen molar-refractivity contribution in [1.29, 1.82) is 0 Å². The SMILES string of the molecule is Cc1ccc(/C=C/c2cccc(C)n2)cc1. The van der Waals surface area contributed by atoms with Crippen molar-refractivity contribution >= 4 is 12.2 Å². The maximum Gasteiger partial charge on any atom is 0.0633 e. The molecule has 1 aromatic heterocycles. The largest absolute Gasteiger partial charge is 0.254 e. The van der Waals surface area contributed by atoms with Crippen LogP contribution in [0.15, 0.2) is 42.5 Å². The molecule has 0 fully saturated rings. The van der Waals surface area contributed by atoms with Gasteiger partial charge in [-0.05, 0) is 37.6 Å². The summed E-state index contributed by atoms with van der Waals surface area (Å²) in [5.74, 6) is 0. The van der Waals surface area contributed by atoms with E-state index in [-0.39, 0.29) is 0 Å². The molecule has 1 heterocycles. The van der Waals surface area contributed by atoms with Crippen molar-refractivity contribution in [1.82, 2.24) is 4.98 Å². The zero-order valence-corrected chi connectivity index (χ0v) is 9.64. The summed E-state index contributed by atoms with van der Waals surface area (Å²) in [5.41, 5.74) is 4.53. The third-order valence-corrected chi connectivity index (χ3v) is 2.43. The van der Waals surface area contributed by atoms with Gasteiger partial charge >= 0.3 is 0 Å². The molecule has 0 saturated heterocycles. The highest BCUT2D eigenvalue weighted by atomic mass is 14.7. The van der Waals surface area contributed by atoms with E-state index in [9.17, 15) is 0 Å². The van der Waals surface area contributed by atoms with Gasteiger partial charge in [-0.3, -0.25) is 4.98 Å². The van der Waals surface area contributed by atoms with E-state index in [2.05, 4.69) is 42.2 Å². The summed E-state index contributed by atoms with van der Waals surface area (Å²) in [6.07, 6.45) is 4.12. The molecule has 1 nitrogen and oxygen atoms in total. The van der Waals surface area contributed by atoms with Gasteiger partial charge in [-0.2, -0.15) is 0 Å². The minimum absolute atomic E-state index is 1.00. The van der Waals surface area contributed by atoms with Gasteiger partial charge in [-0.25, -0.2) is 0 Å². The van der Waals surface area contributed by atoms with Gasteiger partial charge in [0.1, 0.15) is 0 Å². The first kappa shape index (κ1) is 10.6. The van der Waals surface area contributed by atoms with E-state index in [1.807, 2.05) is 31.2 Å². The topological polar surface area (TPSA) is 12.9 Å².